The average Bonchev–Trinajstić information content (AvgIpc) is 2.24. The Morgan fingerprint density at radius 1 is 1.35 bits per heavy atom. The zero-order chi connectivity index (χ0) is 16.8. The van der Waals surface area contributed by atoms with Crippen molar-refractivity contribution in [2.24, 2.45) is 0 Å². The average molecular weight is 314 g/mol. The van der Waals surface area contributed by atoms with Crippen LogP contribution in [0.15, 0.2) is 12.7 Å². The van der Waals surface area contributed by atoms with Gasteiger partial charge in [-0.15, -0.1) is 6.58 Å². The second kappa shape index (κ2) is 13.5. The first-order valence-corrected chi connectivity index (χ1v) is 7.68. The van der Waals surface area contributed by atoms with Gasteiger partial charge in [-0.05, 0) is 13.8 Å². The van der Waals surface area contributed by atoms with Crippen LogP contribution in [0, 0.1) is 0 Å². The van der Waals surface area contributed by atoms with Gasteiger partial charge in [0, 0.05) is 26.7 Å². The van der Waals surface area contributed by atoms with E-state index in [0.717, 1.165) is 24.2 Å². The molecule has 0 heterocycles. The number of nitrogens with zero attached hydrogens (tertiary/aromatic N) is 1. The number of ether oxygens (including phenoxy) is 1. The van der Waals surface area contributed by atoms with Crippen molar-refractivity contribution in [1.82, 2.24) is 5.32 Å². The van der Waals surface area contributed by atoms with Gasteiger partial charge in [0.2, 0.25) is 10.4 Å². The van der Waals surface area contributed by atoms with Crippen LogP contribution in [0.4, 0.5) is 0 Å². The number of hydrogen-bond acceptors (Lipinski definition) is 5. The van der Waals surface area contributed by atoms with Gasteiger partial charge in [0.25, 0.3) is 0 Å². The number of rotatable bonds is 6. The lowest BCUT2D eigenvalue weighted by molar-refractivity contribution is -0.897. The molecule has 1 unspecified atom stereocenters. The molecule has 0 fully saturated rings. The zero-order valence-electron chi connectivity index (χ0n) is 13.4. The number of quaternary nitrogens is 1. The minimum absolute atomic E-state index is 0.484. The molecule has 2 N–H and O–H groups in total. The van der Waals surface area contributed by atoms with Gasteiger partial charge in [-0.2, -0.15) is 0 Å². The minimum Gasteiger partial charge on any atom is -0.726 e. The molecule has 0 saturated carbocycles. The molecular formula is C12H30N2O5S. The first-order valence-electron chi connectivity index (χ1n) is 6.31. The lowest BCUT2D eigenvalue weighted by atomic mass is 10.4. The minimum atomic E-state index is -4.92. The molecule has 8 heteroatoms. The van der Waals surface area contributed by atoms with E-state index < -0.39 is 10.4 Å². The van der Waals surface area contributed by atoms with E-state index in [1.54, 1.807) is 0 Å². The SMILES string of the molecule is C=CCNC(C)[N+](C)(C)C.CCOCC.O=S(=O)([O-])O. The molecule has 1 atom stereocenters. The van der Waals surface area contributed by atoms with E-state index in [2.05, 4.69) is 40.0 Å². The van der Waals surface area contributed by atoms with Crippen LogP contribution in [0.2, 0.25) is 0 Å². The van der Waals surface area contributed by atoms with Crippen molar-refractivity contribution in [3.05, 3.63) is 12.7 Å². The third-order valence-electron chi connectivity index (χ3n) is 2.13. The highest BCUT2D eigenvalue weighted by Crippen LogP contribution is 1.96. The van der Waals surface area contributed by atoms with E-state index in [0.29, 0.717) is 6.17 Å². The summed E-state index contributed by atoms with van der Waals surface area (Å²) in [6.07, 6.45) is 2.37. The summed E-state index contributed by atoms with van der Waals surface area (Å²) >= 11 is 0. The first-order chi connectivity index (χ1) is 8.90. The topological polar surface area (TPSA) is 98.7 Å². The normalized spacial score (nSPS) is 12.4. The van der Waals surface area contributed by atoms with Crippen molar-refractivity contribution in [2.75, 3.05) is 40.9 Å². The second-order valence-corrected chi connectivity index (χ2v) is 5.55. The van der Waals surface area contributed by atoms with Crippen LogP contribution < -0.4 is 5.32 Å². The fourth-order valence-electron chi connectivity index (χ4n) is 0.732. The van der Waals surface area contributed by atoms with E-state index in [1.165, 1.54) is 0 Å². The molecule has 0 aromatic heterocycles. The highest BCUT2D eigenvalue weighted by Gasteiger charge is 2.15. The Kier molecular flexibility index (Phi) is 16.5. The van der Waals surface area contributed by atoms with E-state index in [4.69, 9.17) is 22.3 Å². The summed E-state index contributed by atoms with van der Waals surface area (Å²) < 4.78 is 38.6. The predicted molar refractivity (Wildman–Crippen MR) is 80.2 cm³/mol. The first kappa shape index (κ1) is 24.5. The van der Waals surface area contributed by atoms with Crippen LogP contribution in [0.1, 0.15) is 20.8 Å². The quantitative estimate of drug-likeness (QED) is 0.248. The van der Waals surface area contributed by atoms with Crippen LogP contribution in [0.25, 0.3) is 0 Å². The van der Waals surface area contributed by atoms with Crippen LogP contribution in [0.5, 0.6) is 0 Å². The molecule has 0 saturated heterocycles. The lowest BCUT2D eigenvalue weighted by Crippen LogP contribution is -2.51. The Morgan fingerprint density at radius 3 is 1.85 bits per heavy atom. The van der Waals surface area contributed by atoms with Crippen LogP contribution >= 0.6 is 0 Å². The summed E-state index contributed by atoms with van der Waals surface area (Å²) in [6, 6.07) is 0. The Bertz CT molecular complexity index is 302. The molecule has 0 amide bonds. The highest BCUT2D eigenvalue weighted by molar-refractivity contribution is 7.79. The Balaban J connectivity index is -0.000000244. The summed E-state index contributed by atoms with van der Waals surface area (Å²) in [5.41, 5.74) is 0. The van der Waals surface area contributed by atoms with E-state index in [9.17, 15) is 0 Å². The smallest absolute Gasteiger partial charge is 0.215 e. The van der Waals surface area contributed by atoms with Crippen molar-refractivity contribution in [3.63, 3.8) is 0 Å². The van der Waals surface area contributed by atoms with Gasteiger partial charge in [0.15, 0.2) is 0 Å². The van der Waals surface area contributed by atoms with E-state index in [1.807, 2.05) is 19.9 Å². The third kappa shape index (κ3) is 36.0. The maximum Gasteiger partial charge on any atom is 0.215 e. The molecule has 0 radical (unpaired) electrons. The molecule has 20 heavy (non-hydrogen) atoms. The standard InChI is InChI=1S/C8H19N2.C4H10O.H2O4S/c1-6-7-9-8(2)10(3,4)5;1-3-5-4-2;1-5(2,3)4/h6,8-9H,1,7H2,2-5H3;3-4H2,1-2H3;(H2,1,2,3,4)/q+1;;/p-1. The van der Waals surface area contributed by atoms with Gasteiger partial charge < -0.3 is 13.8 Å². The van der Waals surface area contributed by atoms with Crippen molar-refractivity contribution in [1.29, 1.82) is 0 Å². The van der Waals surface area contributed by atoms with Crippen molar-refractivity contribution in [3.8, 4) is 0 Å². The molecule has 0 aliphatic heterocycles. The molecule has 0 bridgehead atoms. The summed E-state index contributed by atoms with van der Waals surface area (Å²) in [6.45, 7) is 12.4. The maximum atomic E-state index is 8.63. The summed E-state index contributed by atoms with van der Waals surface area (Å²) in [7, 11) is 1.59. The van der Waals surface area contributed by atoms with Gasteiger partial charge in [0.05, 0.1) is 21.1 Å². The molecule has 0 aliphatic rings. The number of hydrogen-bond donors (Lipinski definition) is 2. The largest absolute Gasteiger partial charge is 0.726 e. The fourth-order valence-corrected chi connectivity index (χ4v) is 0.732. The Labute approximate surface area is 123 Å². The van der Waals surface area contributed by atoms with Crippen LogP contribution in [-0.4, -0.2) is 69.1 Å². The third-order valence-corrected chi connectivity index (χ3v) is 2.13. The zero-order valence-corrected chi connectivity index (χ0v) is 14.2. The summed E-state index contributed by atoms with van der Waals surface area (Å²) in [5.74, 6) is 0. The molecule has 0 aliphatic carbocycles. The van der Waals surface area contributed by atoms with Crippen LogP contribution in [0.3, 0.4) is 0 Å². The molecule has 0 aromatic carbocycles. The Morgan fingerprint density at radius 2 is 1.70 bits per heavy atom. The highest BCUT2D eigenvalue weighted by atomic mass is 32.3. The van der Waals surface area contributed by atoms with Gasteiger partial charge >= 0.3 is 0 Å². The number of nitrogens with one attached hydrogen (secondary N) is 1. The van der Waals surface area contributed by atoms with E-state index in [-0.39, 0.29) is 0 Å². The summed E-state index contributed by atoms with van der Waals surface area (Å²) in [4.78, 5) is 0. The van der Waals surface area contributed by atoms with E-state index >= 15 is 0 Å². The second-order valence-electron chi connectivity index (χ2n) is 4.70. The fraction of sp³-hybridized carbons (Fsp3) is 0.833. The van der Waals surface area contributed by atoms with Crippen molar-refractivity contribution in [2.45, 2.75) is 26.9 Å². The molecule has 0 spiro atoms. The van der Waals surface area contributed by atoms with Gasteiger partial charge in [-0.3, -0.25) is 9.87 Å². The molecular weight excluding hydrogens is 284 g/mol. The predicted octanol–water partition coefficient (Wildman–Crippen LogP) is 0.862. The van der Waals surface area contributed by atoms with Crippen molar-refractivity contribution >= 4 is 10.4 Å². The molecule has 0 aromatic rings. The molecule has 0 rings (SSSR count). The monoisotopic (exact) mass is 314 g/mol. The lowest BCUT2D eigenvalue weighted by Gasteiger charge is -2.31. The summed E-state index contributed by atoms with van der Waals surface area (Å²) in [5, 5.41) is 3.33. The van der Waals surface area contributed by atoms with Gasteiger partial charge in [0.1, 0.15) is 6.17 Å². The van der Waals surface area contributed by atoms with Crippen molar-refractivity contribution < 1.29 is 26.7 Å². The van der Waals surface area contributed by atoms with Gasteiger partial charge in [-0.1, -0.05) is 6.08 Å². The van der Waals surface area contributed by atoms with Crippen LogP contribution in [-0.2, 0) is 15.1 Å². The van der Waals surface area contributed by atoms with Gasteiger partial charge in [-0.25, -0.2) is 8.42 Å². The Hall–Kier alpha value is -0.510. The molecule has 7 nitrogen and oxygen atoms in total. The maximum absolute atomic E-state index is 8.63. The molecule has 124 valence electrons.